The fourth-order valence-electron chi connectivity index (χ4n) is 4.45. The lowest BCUT2D eigenvalue weighted by Gasteiger charge is -2.18. The topological polar surface area (TPSA) is 102 Å². The first-order valence-corrected chi connectivity index (χ1v) is 13.0. The molecule has 0 saturated carbocycles. The molecule has 194 valence electrons. The maximum Gasteiger partial charge on any atom is 0.326 e. The normalized spacial score (nSPS) is 14.1. The highest BCUT2D eigenvalue weighted by molar-refractivity contribution is 7.15. The van der Waals surface area contributed by atoms with Gasteiger partial charge in [-0.15, -0.1) is 21.5 Å². The minimum atomic E-state index is -0.558. The molecule has 0 bridgehead atoms. The molecular formula is C28H28N6O3S. The highest BCUT2D eigenvalue weighted by Crippen LogP contribution is 2.39. The molecule has 0 spiro atoms. The fourth-order valence-corrected chi connectivity index (χ4v) is 5.67. The smallest absolute Gasteiger partial charge is 0.326 e. The van der Waals surface area contributed by atoms with Gasteiger partial charge in [-0.2, -0.15) is 0 Å². The standard InChI is InChI=1S/C28H28N6O3S/c1-16-17(2)38-27-24(16)25(30-22(15-23(35)37-5)26-32-31-18(3)34(26)27)19-11-13-20(14-12-19)29-28(36)33(4)21-9-7-6-8-10-21/h6-14,22H,15H2,1-5H3,(H,29,36)/t22-/m0/s1. The Balaban J connectivity index is 1.52. The summed E-state index contributed by atoms with van der Waals surface area (Å²) in [5.41, 5.74) is 5.19. The van der Waals surface area contributed by atoms with Gasteiger partial charge in [0.05, 0.1) is 19.2 Å². The zero-order chi connectivity index (χ0) is 27.0. The summed E-state index contributed by atoms with van der Waals surface area (Å²) in [6, 6.07) is 16.2. The van der Waals surface area contributed by atoms with Gasteiger partial charge in [0.1, 0.15) is 16.9 Å². The number of aryl methyl sites for hydroxylation is 2. The van der Waals surface area contributed by atoms with Crippen molar-refractivity contribution in [3.8, 4) is 5.00 Å². The van der Waals surface area contributed by atoms with Gasteiger partial charge in [-0.05, 0) is 50.6 Å². The summed E-state index contributed by atoms with van der Waals surface area (Å²) in [7, 11) is 3.09. The van der Waals surface area contributed by atoms with Gasteiger partial charge in [0.15, 0.2) is 5.82 Å². The maximum atomic E-state index is 12.8. The third kappa shape index (κ3) is 4.58. The number of thiophene rings is 1. The van der Waals surface area contributed by atoms with Gasteiger partial charge in [0.25, 0.3) is 0 Å². The Labute approximate surface area is 224 Å². The van der Waals surface area contributed by atoms with Crippen molar-refractivity contribution in [2.75, 3.05) is 24.4 Å². The molecule has 10 heteroatoms. The number of amides is 2. The van der Waals surface area contributed by atoms with Gasteiger partial charge in [0.2, 0.25) is 0 Å². The number of methoxy groups -OCH3 is 1. The predicted molar refractivity (Wildman–Crippen MR) is 149 cm³/mol. The molecule has 0 aliphatic carbocycles. The zero-order valence-corrected chi connectivity index (χ0v) is 22.7. The number of anilines is 2. The lowest BCUT2D eigenvalue weighted by atomic mass is 9.99. The van der Waals surface area contributed by atoms with E-state index >= 15 is 0 Å². The van der Waals surface area contributed by atoms with E-state index in [1.807, 2.05) is 66.1 Å². The largest absolute Gasteiger partial charge is 0.469 e. The number of nitrogens with one attached hydrogen (secondary N) is 1. The second kappa shape index (κ2) is 10.2. The van der Waals surface area contributed by atoms with Crippen LogP contribution in [0, 0.1) is 20.8 Å². The molecule has 1 aliphatic heterocycles. The lowest BCUT2D eigenvalue weighted by molar-refractivity contribution is -0.141. The van der Waals surface area contributed by atoms with Gasteiger partial charge in [-0.1, -0.05) is 30.3 Å². The van der Waals surface area contributed by atoms with Crippen LogP contribution in [0.25, 0.3) is 5.00 Å². The number of hydrogen-bond donors (Lipinski definition) is 1. The average Bonchev–Trinajstić information content (AvgIpc) is 3.41. The molecule has 1 aliphatic rings. The molecule has 4 aromatic rings. The molecule has 1 N–H and O–H groups in total. The Bertz CT molecular complexity index is 1540. The molecule has 1 atom stereocenters. The zero-order valence-electron chi connectivity index (χ0n) is 21.8. The first-order valence-electron chi connectivity index (χ1n) is 12.2. The first kappa shape index (κ1) is 25.3. The number of esters is 1. The van der Waals surface area contributed by atoms with Crippen molar-refractivity contribution >= 4 is 40.4 Å². The number of benzene rings is 2. The number of para-hydroxylation sites is 1. The van der Waals surface area contributed by atoms with Crippen LogP contribution < -0.4 is 10.2 Å². The molecule has 2 aromatic carbocycles. The first-order chi connectivity index (χ1) is 18.3. The highest BCUT2D eigenvalue weighted by Gasteiger charge is 2.32. The van der Waals surface area contributed by atoms with Crippen LogP contribution in [0.15, 0.2) is 59.6 Å². The minimum Gasteiger partial charge on any atom is -0.469 e. The van der Waals surface area contributed by atoms with Crippen LogP contribution in [-0.4, -0.2) is 46.6 Å². The quantitative estimate of drug-likeness (QED) is 0.351. The van der Waals surface area contributed by atoms with E-state index in [2.05, 4.69) is 29.4 Å². The van der Waals surface area contributed by atoms with Gasteiger partial charge in [-0.3, -0.25) is 19.3 Å². The third-order valence-corrected chi connectivity index (χ3v) is 7.88. The van der Waals surface area contributed by atoms with Crippen molar-refractivity contribution in [3.05, 3.63) is 87.8 Å². The Kier molecular flexibility index (Phi) is 6.81. The van der Waals surface area contributed by atoms with Crippen molar-refractivity contribution in [1.82, 2.24) is 14.8 Å². The molecule has 3 heterocycles. The van der Waals surface area contributed by atoms with E-state index in [-0.39, 0.29) is 18.4 Å². The molecule has 2 aromatic heterocycles. The van der Waals surface area contributed by atoms with E-state index in [0.717, 1.165) is 38.9 Å². The minimum absolute atomic E-state index is 0.0467. The van der Waals surface area contributed by atoms with E-state index in [1.54, 1.807) is 23.3 Å². The van der Waals surface area contributed by atoms with E-state index in [9.17, 15) is 9.59 Å². The number of hydrogen-bond acceptors (Lipinski definition) is 7. The van der Waals surface area contributed by atoms with Gasteiger partial charge in [0, 0.05) is 34.4 Å². The molecular weight excluding hydrogens is 500 g/mol. The van der Waals surface area contributed by atoms with Crippen LogP contribution in [-0.2, 0) is 9.53 Å². The van der Waals surface area contributed by atoms with Gasteiger partial charge >= 0.3 is 12.0 Å². The molecule has 2 amide bonds. The number of rotatable bonds is 5. The van der Waals surface area contributed by atoms with Crippen molar-refractivity contribution in [1.29, 1.82) is 0 Å². The average molecular weight is 529 g/mol. The van der Waals surface area contributed by atoms with Crippen molar-refractivity contribution < 1.29 is 14.3 Å². The SMILES string of the molecule is COC(=O)C[C@@H]1N=C(c2ccc(NC(=O)N(C)c3ccccc3)cc2)c2c(sc(C)c2C)-n2c(C)nnc21. The number of carbonyl (C=O) groups is 2. The molecule has 5 rings (SSSR count). The molecule has 0 fully saturated rings. The van der Waals surface area contributed by atoms with Crippen LogP contribution in [0.2, 0.25) is 0 Å². The van der Waals surface area contributed by atoms with E-state index in [1.165, 1.54) is 12.0 Å². The second-order valence-electron chi connectivity index (χ2n) is 9.08. The third-order valence-electron chi connectivity index (χ3n) is 6.68. The Morgan fingerprint density at radius 2 is 1.76 bits per heavy atom. The van der Waals surface area contributed by atoms with E-state index in [4.69, 9.17) is 9.73 Å². The number of aromatic nitrogens is 3. The summed E-state index contributed by atoms with van der Waals surface area (Å²) >= 11 is 1.65. The second-order valence-corrected chi connectivity index (χ2v) is 10.3. The van der Waals surface area contributed by atoms with Crippen molar-refractivity contribution in [2.24, 2.45) is 4.99 Å². The fraction of sp³-hybridized carbons (Fsp3) is 0.250. The maximum absolute atomic E-state index is 12.8. The molecule has 0 radical (unpaired) electrons. The summed E-state index contributed by atoms with van der Waals surface area (Å²) in [5, 5.41) is 12.6. The summed E-state index contributed by atoms with van der Waals surface area (Å²) < 4.78 is 6.95. The Hall–Kier alpha value is -4.31. The van der Waals surface area contributed by atoms with Crippen LogP contribution in [0.5, 0.6) is 0 Å². The lowest BCUT2D eigenvalue weighted by Crippen LogP contribution is -2.31. The Morgan fingerprint density at radius 1 is 1.05 bits per heavy atom. The number of aliphatic imine (C=N–C) groups is 1. The van der Waals surface area contributed by atoms with Crippen LogP contribution in [0.3, 0.4) is 0 Å². The Morgan fingerprint density at radius 3 is 2.45 bits per heavy atom. The van der Waals surface area contributed by atoms with Gasteiger partial charge < -0.3 is 10.1 Å². The summed E-state index contributed by atoms with van der Waals surface area (Å²) in [6.07, 6.45) is 0.0467. The molecule has 0 unspecified atom stereocenters. The van der Waals surface area contributed by atoms with E-state index in [0.29, 0.717) is 11.5 Å². The van der Waals surface area contributed by atoms with Crippen molar-refractivity contribution in [2.45, 2.75) is 33.2 Å². The number of fused-ring (bicyclic) bond motifs is 3. The van der Waals surface area contributed by atoms with Crippen LogP contribution in [0.1, 0.15) is 45.7 Å². The highest BCUT2D eigenvalue weighted by atomic mass is 32.1. The van der Waals surface area contributed by atoms with Crippen LogP contribution in [0.4, 0.5) is 16.2 Å². The predicted octanol–water partition coefficient (Wildman–Crippen LogP) is 5.38. The summed E-state index contributed by atoms with van der Waals surface area (Å²) in [4.78, 5) is 32.9. The number of carbonyl (C=O) groups excluding carboxylic acids is 2. The van der Waals surface area contributed by atoms with E-state index < -0.39 is 6.04 Å². The monoisotopic (exact) mass is 528 g/mol. The number of nitrogens with zero attached hydrogens (tertiary/aromatic N) is 5. The summed E-state index contributed by atoms with van der Waals surface area (Å²) in [5.74, 6) is 0.969. The van der Waals surface area contributed by atoms with Crippen molar-refractivity contribution in [3.63, 3.8) is 0 Å². The number of urea groups is 1. The summed E-state index contributed by atoms with van der Waals surface area (Å²) in [6.45, 7) is 6.06. The van der Waals surface area contributed by atoms with Crippen LogP contribution >= 0.6 is 11.3 Å². The van der Waals surface area contributed by atoms with Gasteiger partial charge in [-0.25, -0.2) is 4.79 Å². The molecule has 38 heavy (non-hydrogen) atoms. The molecule has 0 saturated heterocycles. The molecule has 9 nitrogen and oxygen atoms in total. The number of ether oxygens (including phenoxy) is 1.